The van der Waals surface area contributed by atoms with Gasteiger partial charge in [-0.3, -0.25) is 0 Å². The van der Waals surface area contributed by atoms with Crippen molar-refractivity contribution in [2.24, 2.45) is 5.92 Å². The van der Waals surface area contributed by atoms with Crippen LogP contribution in [0.2, 0.25) is 0 Å². The lowest BCUT2D eigenvalue weighted by Gasteiger charge is -2.29. The number of benzene rings is 3. The standard InChI is InChI=1S/C40H52O5/c1-3-5-7-8-9-10-11-12-29-43-36-25-21-32(22-26-36)33-23-27-37(28-24-33)44-39(41)34-17-19-35(20-18-34)40(42)45-38-16-13-15-31(30-38)14-6-4-2/h17-28,31,38H,3-16,29-30H2,1-2H3/t31-,38+/m1/s1. The molecule has 0 radical (unpaired) electrons. The van der Waals surface area contributed by atoms with Gasteiger partial charge in [-0.25, -0.2) is 9.59 Å². The Kier molecular flexibility index (Phi) is 14.5. The van der Waals surface area contributed by atoms with Crippen LogP contribution in [0.15, 0.2) is 72.8 Å². The van der Waals surface area contributed by atoms with Gasteiger partial charge >= 0.3 is 11.9 Å². The second-order valence-electron chi connectivity index (χ2n) is 12.5. The smallest absolute Gasteiger partial charge is 0.343 e. The van der Waals surface area contributed by atoms with Gasteiger partial charge in [-0.15, -0.1) is 0 Å². The van der Waals surface area contributed by atoms with Crippen LogP contribution in [0.4, 0.5) is 0 Å². The predicted octanol–water partition coefficient (Wildman–Crippen LogP) is 11.0. The minimum absolute atomic E-state index is 0.0171. The Morgan fingerprint density at radius 3 is 1.80 bits per heavy atom. The molecule has 0 unspecified atom stereocenters. The van der Waals surface area contributed by atoms with Crippen LogP contribution in [0.1, 0.15) is 131 Å². The molecule has 0 N–H and O–H groups in total. The van der Waals surface area contributed by atoms with E-state index in [2.05, 4.69) is 26.0 Å². The first-order chi connectivity index (χ1) is 22.1. The lowest BCUT2D eigenvalue weighted by Crippen LogP contribution is -2.25. The van der Waals surface area contributed by atoms with Gasteiger partial charge in [-0.2, -0.15) is 0 Å². The lowest BCUT2D eigenvalue weighted by molar-refractivity contribution is 0.0135. The number of ether oxygens (including phenoxy) is 3. The molecule has 1 aliphatic rings. The zero-order chi connectivity index (χ0) is 31.7. The molecule has 45 heavy (non-hydrogen) atoms. The second-order valence-corrected chi connectivity index (χ2v) is 12.5. The minimum Gasteiger partial charge on any atom is -0.494 e. The van der Waals surface area contributed by atoms with E-state index in [0.717, 1.165) is 49.2 Å². The van der Waals surface area contributed by atoms with Crippen molar-refractivity contribution in [1.29, 1.82) is 0 Å². The highest BCUT2D eigenvalue weighted by molar-refractivity contribution is 5.94. The summed E-state index contributed by atoms with van der Waals surface area (Å²) in [5, 5.41) is 0. The van der Waals surface area contributed by atoms with Gasteiger partial charge in [0.15, 0.2) is 0 Å². The number of hydrogen-bond acceptors (Lipinski definition) is 5. The van der Waals surface area contributed by atoms with Gasteiger partial charge in [-0.05, 0) is 91.3 Å². The molecule has 5 nitrogen and oxygen atoms in total. The molecule has 0 aromatic heterocycles. The number of esters is 2. The van der Waals surface area contributed by atoms with Crippen molar-refractivity contribution in [2.75, 3.05) is 6.61 Å². The lowest BCUT2D eigenvalue weighted by atomic mass is 9.84. The fourth-order valence-corrected chi connectivity index (χ4v) is 6.12. The normalized spacial score (nSPS) is 16.2. The first-order valence-electron chi connectivity index (χ1n) is 17.4. The maximum atomic E-state index is 12.8. The maximum absolute atomic E-state index is 12.8. The average Bonchev–Trinajstić information content (AvgIpc) is 3.07. The molecule has 5 heteroatoms. The fourth-order valence-electron chi connectivity index (χ4n) is 6.12. The first-order valence-corrected chi connectivity index (χ1v) is 17.4. The Bertz CT molecular complexity index is 1280. The van der Waals surface area contributed by atoms with E-state index in [1.807, 2.05) is 24.3 Å². The molecule has 1 aliphatic carbocycles. The second kappa shape index (κ2) is 19.0. The molecule has 0 aliphatic heterocycles. The summed E-state index contributed by atoms with van der Waals surface area (Å²) in [6, 6.07) is 22.1. The number of carbonyl (C=O) groups excluding carboxylic acids is 2. The van der Waals surface area contributed by atoms with E-state index in [-0.39, 0.29) is 12.1 Å². The van der Waals surface area contributed by atoms with Crippen LogP contribution in [0.25, 0.3) is 11.1 Å². The van der Waals surface area contributed by atoms with Gasteiger partial charge < -0.3 is 14.2 Å². The fraction of sp³-hybridized carbons (Fsp3) is 0.500. The van der Waals surface area contributed by atoms with Crippen LogP contribution in [0.3, 0.4) is 0 Å². The van der Waals surface area contributed by atoms with E-state index in [1.54, 1.807) is 36.4 Å². The van der Waals surface area contributed by atoms with Gasteiger partial charge in [-0.1, -0.05) is 109 Å². The SMILES string of the molecule is CCCCCCCCCCOc1ccc(-c2ccc(OC(=O)c3ccc(C(=O)O[C@H]4CCC[C@@H](CCCC)C4)cc3)cc2)cc1. The quantitative estimate of drug-likeness (QED) is 0.0812. The summed E-state index contributed by atoms with van der Waals surface area (Å²) in [6.45, 7) is 5.22. The molecule has 3 aromatic carbocycles. The van der Waals surface area contributed by atoms with Crippen LogP contribution in [-0.4, -0.2) is 24.6 Å². The highest BCUT2D eigenvalue weighted by Crippen LogP contribution is 2.31. The van der Waals surface area contributed by atoms with Crippen LogP contribution < -0.4 is 9.47 Å². The van der Waals surface area contributed by atoms with Crippen LogP contribution in [0.5, 0.6) is 11.5 Å². The summed E-state index contributed by atoms with van der Waals surface area (Å²) >= 11 is 0. The highest BCUT2D eigenvalue weighted by atomic mass is 16.5. The number of unbranched alkanes of at least 4 members (excludes halogenated alkanes) is 8. The molecule has 1 saturated carbocycles. The molecule has 1 fully saturated rings. The van der Waals surface area contributed by atoms with Crippen molar-refractivity contribution >= 4 is 11.9 Å². The van der Waals surface area contributed by atoms with Crippen molar-refractivity contribution in [2.45, 2.75) is 116 Å². The summed E-state index contributed by atoms with van der Waals surface area (Å²) in [7, 11) is 0. The Labute approximate surface area is 270 Å². The molecular formula is C40H52O5. The van der Waals surface area contributed by atoms with Gasteiger partial charge in [0.05, 0.1) is 17.7 Å². The topological polar surface area (TPSA) is 61.8 Å². The largest absolute Gasteiger partial charge is 0.494 e. The van der Waals surface area contributed by atoms with Gasteiger partial charge in [0.25, 0.3) is 0 Å². The van der Waals surface area contributed by atoms with Crippen LogP contribution >= 0.6 is 0 Å². The molecule has 0 saturated heterocycles. The maximum Gasteiger partial charge on any atom is 0.343 e. The summed E-state index contributed by atoms with van der Waals surface area (Å²) < 4.78 is 17.3. The molecule has 2 atom stereocenters. The van der Waals surface area contributed by atoms with E-state index >= 15 is 0 Å². The molecule has 4 rings (SSSR count). The molecule has 242 valence electrons. The van der Waals surface area contributed by atoms with Gasteiger partial charge in [0.1, 0.15) is 17.6 Å². The summed E-state index contributed by atoms with van der Waals surface area (Å²) in [5.74, 6) is 1.21. The summed E-state index contributed by atoms with van der Waals surface area (Å²) in [5.41, 5.74) is 2.94. The minimum atomic E-state index is -0.466. The Morgan fingerprint density at radius 2 is 1.18 bits per heavy atom. The molecule has 0 heterocycles. The summed E-state index contributed by atoms with van der Waals surface area (Å²) in [6.07, 6.45) is 18.2. The third-order valence-corrected chi connectivity index (χ3v) is 8.85. The van der Waals surface area contributed by atoms with Crippen molar-refractivity contribution in [3.05, 3.63) is 83.9 Å². The highest BCUT2D eigenvalue weighted by Gasteiger charge is 2.25. The van der Waals surface area contributed by atoms with Crippen molar-refractivity contribution in [1.82, 2.24) is 0 Å². The number of hydrogen-bond donors (Lipinski definition) is 0. The molecular weight excluding hydrogens is 560 g/mol. The average molecular weight is 613 g/mol. The van der Waals surface area contributed by atoms with E-state index < -0.39 is 5.97 Å². The number of rotatable bonds is 18. The first kappa shape index (κ1) is 34.3. The molecule has 0 amide bonds. The zero-order valence-corrected chi connectivity index (χ0v) is 27.4. The summed E-state index contributed by atoms with van der Waals surface area (Å²) in [4.78, 5) is 25.5. The predicted molar refractivity (Wildman–Crippen MR) is 182 cm³/mol. The molecule has 3 aromatic rings. The van der Waals surface area contributed by atoms with E-state index in [9.17, 15) is 9.59 Å². The molecule has 0 spiro atoms. The Morgan fingerprint density at radius 1 is 0.622 bits per heavy atom. The third kappa shape index (κ3) is 11.7. The van der Waals surface area contributed by atoms with Gasteiger partial charge in [0, 0.05) is 0 Å². The van der Waals surface area contributed by atoms with E-state index in [0.29, 0.717) is 22.8 Å². The van der Waals surface area contributed by atoms with Crippen molar-refractivity contribution in [3.63, 3.8) is 0 Å². The van der Waals surface area contributed by atoms with E-state index in [4.69, 9.17) is 14.2 Å². The zero-order valence-electron chi connectivity index (χ0n) is 27.4. The number of carbonyl (C=O) groups is 2. The third-order valence-electron chi connectivity index (χ3n) is 8.85. The van der Waals surface area contributed by atoms with Crippen molar-refractivity contribution < 1.29 is 23.8 Å². The van der Waals surface area contributed by atoms with Crippen molar-refractivity contribution in [3.8, 4) is 22.6 Å². The van der Waals surface area contributed by atoms with Gasteiger partial charge in [0.2, 0.25) is 0 Å². The molecule has 0 bridgehead atoms. The van der Waals surface area contributed by atoms with E-state index in [1.165, 1.54) is 70.6 Å². The van der Waals surface area contributed by atoms with Crippen LogP contribution in [0, 0.1) is 5.92 Å². The Balaban J connectivity index is 1.19. The monoisotopic (exact) mass is 612 g/mol. The Hall–Kier alpha value is -3.60. The van der Waals surface area contributed by atoms with Crippen LogP contribution in [-0.2, 0) is 4.74 Å².